The van der Waals surface area contributed by atoms with Crippen LogP contribution in [0.1, 0.15) is 42.9 Å². The Kier molecular flexibility index (Phi) is 8.76. The first-order chi connectivity index (χ1) is 10.3. The molecule has 0 amide bonds. The van der Waals surface area contributed by atoms with Gasteiger partial charge >= 0.3 is 22.4 Å². The molecule has 22 heavy (non-hydrogen) atoms. The molecule has 0 radical (unpaired) electrons. The molecule has 0 aromatic heterocycles. The zero-order valence-corrected chi connectivity index (χ0v) is 15.3. The topological polar surface area (TPSA) is 9.23 Å². The largest absolute Gasteiger partial charge is 1.00 e. The fourth-order valence-electron chi connectivity index (χ4n) is 2.21. The molecule has 0 saturated carbocycles. The Morgan fingerprint density at radius 3 is 2.41 bits per heavy atom. The Morgan fingerprint density at radius 2 is 1.73 bits per heavy atom. The molecule has 0 N–H and O–H groups in total. The molecule has 0 fully saturated rings. The van der Waals surface area contributed by atoms with E-state index in [1.165, 1.54) is 12.0 Å². The van der Waals surface area contributed by atoms with E-state index in [1.54, 1.807) is 7.11 Å². The summed E-state index contributed by atoms with van der Waals surface area (Å²) in [6.07, 6.45) is 8.80. The van der Waals surface area contributed by atoms with Gasteiger partial charge in [0.2, 0.25) is 0 Å². The van der Waals surface area contributed by atoms with E-state index in [9.17, 15) is 0 Å². The summed E-state index contributed by atoms with van der Waals surface area (Å²) < 4.78 is 5.55. The smallest absolute Gasteiger partial charge is 0.508 e. The zero-order chi connectivity index (χ0) is 14.9. The molecular weight excluding hydrogens is 453 g/mol. The van der Waals surface area contributed by atoms with Crippen LogP contribution in [0.4, 0.5) is 0 Å². The molecule has 2 aromatic rings. The van der Waals surface area contributed by atoms with Gasteiger partial charge in [0.05, 0.1) is 29.6 Å². The number of benzene rings is 2. The Labute approximate surface area is 149 Å². The third-order valence-electron chi connectivity index (χ3n) is 3.35. The third kappa shape index (κ3) is 5.42. The van der Waals surface area contributed by atoms with Gasteiger partial charge in [-0.1, -0.05) is 19.8 Å². The molecule has 2 aromatic carbocycles. The number of rotatable bonds is 7. The van der Waals surface area contributed by atoms with E-state index >= 15 is 0 Å². The minimum atomic E-state index is 0. The van der Waals surface area contributed by atoms with Crippen LogP contribution in [0.15, 0.2) is 54.6 Å². The van der Waals surface area contributed by atoms with E-state index < -0.39 is 0 Å². The molecule has 0 spiro atoms. The maximum Gasteiger partial charge on any atom is 1.00 e. The Morgan fingerprint density at radius 1 is 1.05 bits per heavy atom. The second kappa shape index (κ2) is 10.3. The molecule has 0 aliphatic carbocycles. The van der Waals surface area contributed by atoms with Crippen LogP contribution in [0.25, 0.3) is 5.76 Å². The van der Waals surface area contributed by atoms with Crippen LogP contribution >= 0.6 is 0 Å². The molecule has 0 aliphatic rings. The molecule has 0 unspecified atom stereocenters. The fraction of sp³-hybridized carbons (Fsp3) is 0.250. The van der Waals surface area contributed by atoms with Crippen LogP contribution < -0.4 is 0 Å². The van der Waals surface area contributed by atoms with Crippen LogP contribution in [0, 0.1) is 12.5 Å². The first-order valence-corrected chi connectivity index (χ1v) is 7.49. The quantitative estimate of drug-likeness (QED) is 0.230. The first kappa shape index (κ1) is 18.6. The summed E-state index contributed by atoms with van der Waals surface area (Å²) in [5.41, 5.74) is 3.44. The molecule has 2 rings (SSSR count). The van der Waals surface area contributed by atoms with Crippen molar-refractivity contribution in [3.63, 3.8) is 0 Å². The minimum absolute atomic E-state index is 0. The third-order valence-corrected chi connectivity index (χ3v) is 3.35. The van der Waals surface area contributed by atoms with E-state index in [1.807, 2.05) is 12.1 Å². The van der Waals surface area contributed by atoms with Crippen molar-refractivity contribution in [2.24, 2.45) is 0 Å². The molecule has 0 aliphatic heterocycles. The van der Waals surface area contributed by atoms with E-state index in [4.69, 9.17) is 4.74 Å². The van der Waals surface area contributed by atoms with Gasteiger partial charge in [0, 0.05) is 24.6 Å². The minimum Gasteiger partial charge on any atom is -0.508 e. The van der Waals surface area contributed by atoms with E-state index in [0.29, 0.717) is 0 Å². The van der Waals surface area contributed by atoms with Crippen LogP contribution in [-0.2, 0) is 27.1 Å². The molecule has 0 bridgehead atoms. The summed E-state index contributed by atoms with van der Waals surface area (Å²) >= 11 is 0. The second-order valence-corrected chi connectivity index (χ2v) is 4.96. The average Bonchev–Trinajstić information content (AvgIpc) is 2.54. The molecule has 118 valence electrons. The fourth-order valence-corrected chi connectivity index (χ4v) is 2.21. The maximum atomic E-state index is 5.55. The molecule has 0 heterocycles. The monoisotopic (exact) mass is 475 g/mol. The van der Waals surface area contributed by atoms with Crippen molar-refractivity contribution in [3.05, 3.63) is 83.8 Å². The van der Waals surface area contributed by atoms with Crippen molar-refractivity contribution in [1.29, 1.82) is 0 Å². The summed E-state index contributed by atoms with van der Waals surface area (Å²) in [5, 5.41) is 0. The van der Waals surface area contributed by atoms with Crippen molar-refractivity contribution in [3.8, 4) is 0 Å². The predicted octanol–water partition coefficient (Wildman–Crippen LogP) is 5.27. The van der Waals surface area contributed by atoms with Gasteiger partial charge in [-0.3, -0.25) is 0 Å². The van der Waals surface area contributed by atoms with Crippen molar-refractivity contribution >= 4 is 5.76 Å². The number of unbranched alkanes of at least 4 members (excludes halogenated alkanes) is 2. The van der Waals surface area contributed by atoms with E-state index in [2.05, 4.69) is 61.9 Å². The van der Waals surface area contributed by atoms with E-state index in [-0.39, 0.29) is 22.4 Å². The molecular formula is C20H22AuO+. The molecule has 2 heteroatoms. The Bertz CT molecular complexity index is 575. The first-order valence-electron chi connectivity index (χ1n) is 7.49. The van der Waals surface area contributed by atoms with Crippen LogP contribution in [-0.4, -0.2) is 7.11 Å². The van der Waals surface area contributed by atoms with Crippen LogP contribution in [0.2, 0.25) is 0 Å². The van der Waals surface area contributed by atoms with Crippen molar-refractivity contribution in [1.82, 2.24) is 0 Å². The van der Waals surface area contributed by atoms with Crippen molar-refractivity contribution < 1.29 is 27.1 Å². The number of hydrogen-bond donors (Lipinski definition) is 0. The maximum absolute atomic E-state index is 5.55. The van der Waals surface area contributed by atoms with Gasteiger partial charge in [-0.25, -0.2) is 6.08 Å². The number of allylic oxidation sites excluding steroid dienone is 1. The molecule has 0 atom stereocenters. The summed E-state index contributed by atoms with van der Waals surface area (Å²) in [6.45, 7) is 2.19. The van der Waals surface area contributed by atoms with Gasteiger partial charge in [-0.05, 0) is 36.4 Å². The number of hydrogen-bond acceptors (Lipinski definition) is 1. The van der Waals surface area contributed by atoms with Crippen molar-refractivity contribution in [2.45, 2.75) is 26.2 Å². The Hall–Kier alpha value is -1.41. The van der Waals surface area contributed by atoms with Gasteiger partial charge in [0.15, 0.2) is 0 Å². The van der Waals surface area contributed by atoms with Gasteiger partial charge in [0.1, 0.15) is 0 Å². The van der Waals surface area contributed by atoms with Crippen LogP contribution in [0.5, 0.6) is 0 Å². The van der Waals surface area contributed by atoms with E-state index in [0.717, 1.165) is 29.7 Å². The van der Waals surface area contributed by atoms with Crippen molar-refractivity contribution in [2.75, 3.05) is 7.11 Å². The number of ether oxygens (including phenoxy) is 1. The van der Waals surface area contributed by atoms with Gasteiger partial charge in [0.25, 0.3) is 0 Å². The molecule has 1 nitrogen and oxygen atoms in total. The SMILES string of the molecule is CCCC[C-]=C(OC)c1ccccc1[CH+]c1ccccc1.[Au+]. The van der Waals surface area contributed by atoms with Crippen LogP contribution in [0.3, 0.4) is 0 Å². The summed E-state index contributed by atoms with van der Waals surface area (Å²) in [5.74, 6) is 0.839. The normalized spacial score (nSPS) is 10.7. The molecule has 0 saturated heterocycles. The summed E-state index contributed by atoms with van der Waals surface area (Å²) in [4.78, 5) is 0. The zero-order valence-electron chi connectivity index (χ0n) is 13.1. The predicted molar refractivity (Wildman–Crippen MR) is 88.6 cm³/mol. The summed E-state index contributed by atoms with van der Waals surface area (Å²) in [7, 11) is 1.72. The average molecular weight is 475 g/mol. The Balaban J connectivity index is 0.00000242. The van der Waals surface area contributed by atoms with Gasteiger partial charge in [-0.2, -0.15) is 0 Å². The summed E-state index contributed by atoms with van der Waals surface area (Å²) in [6, 6.07) is 18.6. The second-order valence-electron chi connectivity index (χ2n) is 4.96. The van der Waals surface area contributed by atoms with Gasteiger partial charge < -0.3 is 4.74 Å². The number of methoxy groups -OCH3 is 1. The standard InChI is InChI=1S/C20H22O.Au/c1-3-4-6-15-20(21-2)19-14-10-9-13-18(19)16-17-11-7-5-8-12-17;/h5,7-14,16H,3-4,6H2,1-2H3;/q;+1. The van der Waals surface area contributed by atoms with Gasteiger partial charge in [-0.15, -0.1) is 6.42 Å².